The molecule has 1 aromatic rings. The zero-order valence-electron chi connectivity index (χ0n) is 8.34. The molecule has 1 aliphatic rings. The molecule has 1 heterocycles. The molecule has 0 saturated heterocycles. The monoisotopic (exact) mass is 195 g/mol. The van der Waals surface area contributed by atoms with Gasteiger partial charge < -0.3 is 5.32 Å². The fourth-order valence-electron chi connectivity index (χ4n) is 2.36. The Balaban J connectivity index is 2.15. The summed E-state index contributed by atoms with van der Waals surface area (Å²) < 4.78 is 0. The molecule has 0 amide bonds. The van der Waals surface area contributed by atoms with Crippen LogP contribution in [0.3, 0.4) is 0 Å². The van der Waals surface area contributed by atoms with Gasteiger partial charge in [0.25, 0.3) is 0 Å². The predicted octanol–water partition coefficient (Wildman–Crippen LogP) is 2.78. The van der Waals surface area contributed by atoms with Crippen molar-refractivity contribution in [3.05, 3.63) is 22.4 Å². The first-order valence-electron chi connectivity index (χ1n) is 4.94. The van der Waals surface area contributed by atoms with Gasteiger partial charge in [0.1, 0.15) is 0 Å². The maximum absolute atomic E-state index is 3.38. The zero-order chi connectivity index (χ0) is 9.31. The number of hydrogen-bond donors (Lipinski definition) is 1. The van der Waals surface area contributed by atoms with Crippen LogP contribution in [-0.2, 0) is 5.41 Å². The van der Waals surface area contributed by atoms with Crippen molar-refractivity contribution >= 4 is 11.3 Å². The average molecular weight is 195 g/mol. The molecule has 0 aromatic carbocycles. The van der Waals surface area contributed by atoms with E-state index in [1.165, 1.54) is 24.8 Å². The van der Waals surface area contributed by atoms with Gasteiger partial charge in [-0.3, -0.25) is 0 Å². The van der Waals surface area contributed by atoms with E-state index in [1.807, 2.05) is 11.3 Å². The van der Waals surface area contributed by atoms with Crippen LogP contribution < -0.4 is 5.32 Å². The van der Waals surface area contributed by atoms with Gasteiger partial charge in [0, 0.05) is 6.04 Å². The second-order valence-corrected chi connectivity index (χ2v) is 5.08. The summed E-state index contributed by atoms with van der Waals surface area (Å²) in [4.78, 5) is 0. The Labute approximate surface area is 84.2 Å². The molecule has 0 aliphatic heterocycles. The number of thiophene rings is 1. The molecule has 13 heavy (non-hydrogen) atoms. The Morgan fingerprint density at radius 3 is 3.00 bits per heavy atom. The van der Waals surface area contributed by atoms with Crippen LogP contribution in [0.2, 0.25) is 0 Å². The zero-order valence-corrected chi connectivity index (χ0v) is 9.16. The Morgan fingerprint density at radius 2 is 2.46 bits per heavy atom. The van der Waals surface area contributed by atoms with Gasteiger partial charge in [-0.2, -0.15) is 11.3 Å². The molecule has 1 aliphatic carbocycles. The van der Waals surface area contributed by atoms with Crippen LogP contribution in [0.25, 0.3) is 0 Å². The summed E-state index contributed by atoms with van der Waals surface area (Å²) >= 11 is 1.81. The van der Waals surface area contributed by atoms with E-state index < -0.39 is 0 Å². The van der Waals surface area contributed by atoms with Crippen LogP contribution >= 0.6 is 11.3 Å². The van der Waals surface area contributed by atoms with E-state index >= 15 is 0 Å². The van der Waals surface area contributed by atoms with E-state index in [-0.39, 0.29) is 0 Å². The fourth-order valence-corrected chi connectivity index (χ4v) is 3.17. The smallest absolute Gasteiger partial charge is 0.00727 e. The van der Waals surface area contributed by atoms with Crippen molar-refractivity contribution < 1.29 is 0 Å². The molecule has 2 rings (SSSR count). The summed E-state index contributed by atoms with van der Waals surface area (Å²) in [6.45, 7) is 2.40. The van der Waals surface area contributed by atoms with Gasteiger partial charge in [0.2, 0.25) is 0 Å². The molecule has 2 heteroatoms. The third kappa shape index (κ3) is 1.65. The highest BCUT2D eigenvalue weighted by Crippen LogP contribution is 2.41. The van der Waals surface area contributed by atoms with Gasteiger partial charge >= 0.3 is 0 Å². The standard InChI is InChI=1S/C11H17NS/c1-11(9-4-6-13-8-9)5-3-10(7-11)12-2/h4,6,8,10,12H,3,5,7H2,1-2H3. The van der Waals surface area contributed by atoms with E-state index in [2.05, 4.69) is 36.1 Å². The molecule has 1 fully saturated rings. The van der Waals surface area contributed by atoms with Crippen LogP contribution in [0.1, 0.15) is 31.7 Å². The highest BCUT2D eigenvalue weighted by molar-refractivity contribution is 7.08. The third-order valence-electron chi connectivity index (χ3n) is 3.37. The average Bonchev–Trinajstić information content (AvgIpc) is 2.72. The minimum Gasteiger partial charge on any atom is -0.317 e. The third-order valence-corrected chi connectivity index (χ3v) is 4.05. The van der Waals surface area contributed by atoms with E-state index in [9.17, 15) is 0 Å². The first-order chi connectivity index (χ1) is 6.24. The topological polar surface area (TPSA) is 12.0 Å². The number of nitrogens with one attached hydrogen (secondary N) is 1. The lowest BCUT2D eigenvalue weighted by molar-refractivity contribution is 0.468. The van der Waals surface area contributed by atoms with E-state index in [1.54, 1.807) is 0 Å². The molecule has 72 valence electrons. The highest BCUT2D eigenvalue weighted by atomic mass is 32.1. The lowest BCUT2D eigenvalue weighted by atomic mass is 9.82. The van der Waals surface area contributed by atoms with Gasteiger partial charge in [-0.25, -0.2) is 0 Å². The van der Waals surface area contributed by atoms with Gasteiger partial charge in [-0.1, -0.05) is 6.92 Å². The fraction of sp³-hybridized carbons (Fsp3) is 0.636. The minimum atomic E-state index is 0.438. The normalized spacial score (nSPS) is 33.8. The van der Waals surface area contributed by atoms with Crippen LogP contribution in [0.4, 0.5) is 0 Å². The summed E-state index contributed by atoms with van der Waals surface area (Å²) in [7, 11) is 2.07. The summed E-state index contributed by atoms with van der Waals surface area (Å²) in [5.74, 6) is 0. The molecule has 0 radical (unpaired) electrons. The van der Waals surface area contributed by atoms with Crippen molar-refractivity contribution in [1.82, 2.24) is 5.32 Å². The number of rotatable bonds is 2. The molecule has 1 saturated carbocycles. The minimum absolute atomic E-state index is 0.438. The summed E-state index contributed by atoms with van der Waals surface area (Å²) in [5.41, 5.74) is 1.98. The maximum atomic E-state index is 3.38. The van der Waals surface area contributed by atoms with Gasteiger partial charge in [-0.05, 0) is 54.1 Å². The Hall–Kier alpha value is -0.340. The Kier molecular flexibility index (Phi) is 2.43. The molecular formula is C11H17NS. The van der Waals surface area contributed by atoms with Gasteiger partial charge in [0.05, 0.1) is 0 Å². The first-order valence-corrected chi connectivity index (χ1v) is 5.89. The SMILES string of the molecule is CNC1CCC(C)(c2ccsc2)C1. The second kappa shape index (κ2) is 3.43. The van der Waals surface area contributed by atoms with Crippen molar-refractivity contribution in [2.45, 2.75) is 37.6 Å². The van der Waals surface area contributed by atoms with Crippen molar-refractivity contribution in [1.29, 1.82) is 0 Å². The lowest BCUT2D eigenvalue weighted by Crippen LogP contribution is -2.25. The molecule has 0 spiro atoms. The Bertz CT molecular complexity index is 268. The second-order valence-electron chi connectivity index (χ2n) is 4.30. The molecule has 1 nitrogen and oxygen atoms in total. The molecule has 2 atom stereocenters. The van der Waals surface area contributed by atoms with E-state index in [0.29, 0.717) is 5.41 Å². The quantitative estimate of drug-likeness (QED) is 0.765. The largest absolute Gasteiger partial charge is 0.317 e. The van der Waals surface area contributed by atoms with Crippen LogP contribution in [0, 0.1) is 0 Å². The molecule has 1 N–H and O–H groups in total. The predicted molar refractivity (Wildman–Crippen MR) is 58.4 cm³/mol. The summed E-state index contributed by atoms with van der Waals surface area (Å²) in [5, 5.41) is 7.88. The summed E-state index contributed by atoms with van der Waals surface area (Å²) in [6.07, 6.45) is 3.94. The number of hydrogen-bond acceptors (Lipinski definition) is 2. The van der Waals surface area contributed by atoms with Gasteiger partial charge in [-0.15, -0.1) is 0 Å². The van der Waals surface area contributed by atoms with E-state index in [0.717, 1.165) is 6.04 Å². The first kappa shape index (κ1) is 9.22. The van der Waals surface area contributed by atoms with Crippen molar-refractivity contribution in [2.24, 2.45) is 0 Å². The maximum Gasteiger partial charge on any atom is 0.00727 e. The Morgan fingerprint density at radius 1 is 1.62 bits per heavy atom. The molecule has 2 unspecified atom stereocenters. The molecular weight excluding hydrogens is 178 g/mol. The highest BCUT2D eigenvalue weighted by Gasteiger charge is 2.35. The summed E-state index contributed by atoms with van der Waals surface area (Å²) in [6, 6.07) is 3.01. The van der Waals surface area contributed by atoms with Crippen molar-refractivity contribution in [3.8, 4) is 0 Å². The van der Waals surface area contributed by atoms with Crippen LogP contribution in [0.15, 0.2) is 16.8 Å². The van der Waals surface area contributed by atoms with Crippen molar-refractivity contribution in [3.63, 3.8) is 0 Å². The van der Waals surface area contributed by atoms with Crippen LogP contribution in [-0.4, -0.2) is 13.1 Å². The van der Waals surface area contributed by atoms with E-state index in [4.69, 9.17) is 0 Å². The van der Waals surface area contributed by atoms with Crippen molar-refractivity contribution in [2.75, 3.05) is 7.05 Å². The lowest BCUT2D eigenvalue weighted by Gasteiger charge is -2.23. The molecule has 0 bridgehead atoms. The van der Waals surface area contributed by atoms with Crippen LogP contribution in [0.5, 0.6) is 0 Å². The van der Waals surface area contributed by atoms with Gasteiger partial charge in [0.15, 0.2) is 0 Å². The molecule has 1 aromatic heterocycles.